The van der Waals surface area contributed by atoms with Crippen molar-refractivity contribution >= 4 is 22.3 Å². The molecular formula is C16H15N3O5S. The Balaban J connectivity index is 1.73. The van der Waals surface area contributed by atoms with E-state index >= 15 is 0 Å². The molecule has 0 fully saturated rings. The lowest BCUT2D eigenvalue weighted by molar-refractivity contribution is 0.0467. The monoisotopic (exact) mass is 361 g/mol. The molecule has 2 heterocycles. The lowest BCUT2D eigenvalue weighted by Crippen LogP contribution is -2.16. The maximum atomic E-state index is 12.1. The number of hydrogen-bond donors (Lipinski definition) is 0. The molecule has 0 atom stereocenters. The number of nitrogens with zero attached hydrogens (tertiary/aromatic N) is 3. The molecule has 2 aromatic heterocycles. The second kappa shape index (κ2) is 7.41. The van der Waals surface area contributed by atoms with E-state index in [0.29, 0.717) is 33.6 Å². The minimum absolute atomic E-state index is 0.103. The third kappa shape index (κ3) is 3.83. The highest BCUT2D eigenvalue weighted by molar-refractivity contribution is 7.16. The van der Waals surface area contributed by atoms with Crippen molar-refractivity contribution in [3.05, 3.63) is 57.0 Å². The summed E-state index contributed by atoms with van der Waals surface area (Å²) in [6.45, 7) is 0.198. The van der Waals surface area contributed by atoms with Gasteiger partial charge in [0.25, 0.3) is 5.56 Å². The van der Waals surface area contributed by atoms with Crippen LogP contribution < -0.4 is 10.3 Å². The normalized spacial score (nSPS) is 10.8. The molecule has 0 aliphatic rings. The van der Waals surface area contributed by atoms with Crippen LogP contribution in [0.1, 0.15) is 21.1 Å². The van der Waals surface area contributed by atoms with E-state index in [1.54, 1.807) is 38.5 Å². The Hall–Kier alpha value is -2.78. The molecule has 0 radical (unpaired) electrons. The van der Waals surface area contributed by atoms with Gasteiger partial charge in [-0.3, -0.25) is 4.79 Å². The predicted molar refractivity (Wildman–Crippen MR) is 90.0 cm³/mol. The maximum absolute atomic E-state index is 12.1. The summed E-state index contributed by atoms with van der Waals surface area (Å²) >= 11 is 1.25. The summed E-state index contributed by atoms with van der Waals surface area (Å²) in [4.78, 5) is 28.9. The molecule has 0 aliphatic heterocycles. The van der Waals surface area contributed by atoms with Gasteiger partial charge < -0.3 is 14.2 Å². The van der Waals surface area contributed by atoms with Crippen molar-refractivity contribution in [3.8, 4) is 5.75 Å². The lowest BCUT2D eigenvalue weighted by atomic mass is 10.2. The Kier molecular flexibility index (Phi) is 5.05. The summed E-state index contributed by atoms with van der Waals surface area (Å²) in [7, 11) is 3.09. The fraction of sp³-hybridized carbons (Fsp3) is 0.250. The standard InChI is InChI=1S/C16H15N3O5S/c1-22-9-13-18-19-14(20)7-11(17-16(19)25-13)8-24-15(21)10-3-5-12(23-2)6-4-10/h3-7H,8-9H2,1-2H3. The van der Waals surface area contributed by atoms with Gasteiger partial charge in [0, 0.05) is 13.2 Å². The Labute approximate surface area is 146 Å². The van der Waals surface area contributed by atoms with Crippen LogP contribution in [0.5, 0.6) is 5.75 Å². The molecule has 0 unspecified atom stereocenters. The van der Waals surface area contributed by atoms with E-state index in [1.807, 2.05) is 0 Å². The number of ether oxygens (including phenoxy) is 3. The minimum Gasteiger partial charge on any atom is -0.497 e. The van der Waals surface area contributed by atoms with Crippen LogP contribution in [0.25, 0.3) is 4.96 Å². The van der Waals surface area contributed by atoms with Gasteiger partial charge in [-0.2, -0.15) is 9.61 Å². The largest absolute Gasteiger partial charge is 0.497 e. The smallest absolute Gasteiger partial charge is 0.338 e. The van der Waals surface area contributed by atoms with Crippen LogP contribution in [0, 0.1) is 0 Å². The topological polar surface area (TPSA) is 92.0 Å². The van der Waals surface area contributed by atoms with Gasteiger partial charge in [0.1, 0.15) is 17.4 Å². The zero-order valence-electron chi connectivity index (χ0n) is 13.6. The minimum atomic E-state index is -0.506. The third-order valence-corrected chi connectivity index (χ3v) is 4.17. The third-order valence-electron chi connectivity index (χ3n) is 3.28. The number of carbonyl (C=O) groups is 1. The van der Waals surface area contributed by atoms with Crippen LogP contribution in [0.2, 0.25) is 0 Å². The molecule has 0 saturated heterocycles. The van der Waals surface area contributed by atoms with Crippen molar-refractivity contribution in [2.45, 2.75) is 13.2 Å². The first kappa shape index (κ1) is 17.1. The predicted octanol–water partition coefficient (Wildman–Crippen LogP) is 1.66. The van der Waals surface area contributed by atoms with E-state index in [2.05, 4.69) is 10.1 Å². The Bertz CT molecular complexity index is 949. The number of hydrogen-bond acceptors (Lipinski definition) is 8. The molecule has 25 heavy (non-hydrogen) atoms. The molecule has 0 saturated carbocycles. The highest BCUT2D eigenvalue weighted by Crippen LogP contribution is 2.14. The average Bonchev–Trinajstić information content (AvgIpc) is 3.03. The van der Waals surface area contributed by atoms with Crippen molar-refractivity contribution in [2.75, 3.05) is 14.2 Å². The van der Waals surface area contributed by atoms with Gasteiger partial charge in [0.2, 0.25) is 4.96 Å². The van der Waals surface area contributed by atoms with Crippen LogP contribution in [0.15, 0.2) is 35.1 Å². The average molecular weight is 361 g/mol. The van der Waals surface area contributed by atoms with E-state index < -0.39 is 5.97 Å². The first-order valence-electron chi connectivity index (χ1n) is 7.29. The summed E-state index contributed by atoms with van der Waals surface area (Å²) in [6.07, 6.45) is 0. The van der Waals surface area contributed by atoms with Crippen molar-refractivity contribution < 1.29 is 19.0 Å². The number of rotatable bonds is 6. The number of methoxy groups -OCH3 is 2. The molecule has 9 heteroatoms. The van der Waals surface area contributed by atoms with Crippen LogP contribution in [0.3, 0.4) is 0 Å². The van der Waals surface area contributed by atoms with Crippen molar-refractivity contribution in [2.24, 2.45) is 0 Å². The van der Waals surface area contributed by atoms with E-state index in [0.717, 1.165) is 0 Å². The van der Waals surface area contributed by atoms with Crippen LogP contribution in [0.4, 0.5) is 0 Å². The van der Waals surface area contributed by atoms with E-state index in [-0.39, 0.29) is 12.2 Å². The molecule has 0 spiro atoms. The molecule has 8 nitrogen and oxygen atoms in total. The van der Waals surface area contributed by atoms with Gasteiger partial charge >= 0.3 is 5.97 Å². The van der Waals surface area contributed by atoms with Crippen molar-refractivity contribution in [1.82, 2.24) is 14.6 Å². The first-order chi connectivity index (χ1) is 12.1. The molecule has 3 aromatic rings. The summed E-state index contributed by atoms with van der Waals surface area (Å²) in [5.41, 5.74) is 0.414. The summed E-state index contributed by atoms with van der Waals surface area (Å²) in [6, 6.07) is 7.84. The van der Waals surface area contributed by atoms with Crippen molar-refractivity contribution in [1.29, 1.82) is 0 Å². The van der Waals surface area contributed by atoms with E-state index in [1.165, 1.54) is 21.9 Å². The molecular weight excluding hydrogens is 346 g/mol. The van der Waals surface area contributed by atoms with Gasteiger partial charge in [-0.1, -0.05) is 11.3 Å². The molecule has 0 N–H and O–H groups in total. The zero-order valence-corrected chi connectivity index (χ0v) is 14.4. The summed E-state index contributed by atoms with van der Waals surface area (Å²) in [5.74, 6) is 0.141. The molecule has 0 amide bonds. The number of carbonyl (C=O) groups excluding carboxylic acids is 1. The second-order valence-corrected chi connectivity index (χ2v) is 6.05. The quantitative estimate of drug-likeness (QED) is 0.617. The Morgan fingerprint density at radius 2 is 1.96 bits per heavy atom. The van der Waals surface area contributed by atoms with Gasteiger partial charge in [-0.05, 0) is 24.3 Å². The highest BCUT2D eigenvalue weighted by atomic mass is 32.1. The summed E-state index contributed by atoms with van der Waals surface area (Å²) < 4.78 is 16.5. The SMILES string of the molecule is COCc1nn2c(=O)cc(COC(=O)c3ccc(OC)cc3)nc2s1. The maximum Gasteiger partial charge on any atom is 0.338 e. The number of esters is 1. The fourth-order valence-electron chi connectivity index (χ4n) is 2.10. The van der Waals surface area contributed by atoms with Gasteiger partial charge in [0.15, 0.2) is 0 Å². The number of fused-ring (bicyclic) bond motifs is 1. The molecule has 130 valence electrons. The number of benzene rings is 1. The van der Waals surface area contributed by atoms with Gasteiger partial charge in [0.05, 0.1) is 25.0 Å². The molecule has 0 bridgehead atoms. The highest BCUT2D eigenvalue weighted by Gasteiger charge is 2.12. The van der Waals surface area contributed by atoms with Gasteiger partial charge in [-0.15, -0.1) is 0 Å². The Morgan fingerprint density at radius 3 is 2.64 bits per heavy atom. The molecule has 3 rings (SSSR count). The Morgan fingerprint density at radius 1 is 1.20 bits per heavy atom. The van der Waals surface area contributed by atoms with E-state index in [9.17, 15) is 9.59 Å². The molecule has 1 aromatic carbocycles. The van der Waals surface area contributed by atoms with E-state index in [4.69, 9.17) is 14.2 Å². The van der Waals surface area contributed by atoms with Crippen molar-refractivity contribution in [3.63, 3.8) is 0 Å². The second-order valence-electron chi connectivity index (χ2n) is 5.01. The van der Waals surface area contributed by atoms with Crippen LogP contribution in [-0.2, 0) is 22.7 Å². The summed E-state index contributed by atoms with van der Waals surface area (Å²) in [5, 5.41) is 4.76. The van der Waals surface area contributed by atoms with Crippen LogP contribution in [-0.4, -0.2) is 34.8 Å². The lowest BCUT2D eigenvalue weighted by Gasteiger charge is -2.05. The van der Waals surface area contributed by atoms with Gasteiger partial charge in [-0.25, -0.2) is 9.78 Å². The van der Waals surface area contributed by atoms with Crippen LogP contribution >= 0.6 is 11.3 Å². The molecule has 0 aliphatic carbocycles. The first-order valence-corrected chi connectivity index (χ1v) is 8.11. The number of aromatic nitrogens is 3. The zero-order chi connectivity index (χ0) is 17.8. The fourth-order valence-corrected chi connectivity index (χ4v) is 2.99.